The number of nitrogens with one attached hydrogen (secondary N) is 1. The summed E-state index contributed by atoms with van der Waals surface area (Å²) in [5.74, 6) is 0.591. The molecule has 1 aromatic rings. The molecule has 2 atom stereocenters. The molecule has 0 bridgehead atoms. The van der Waals surface area contributed by atoms with Gasteiger partial charge in [0, 0.05) is 30.5 Å². The molecule has 0 spiro atoms. The molecule has 0 aliphatic heterocycles. The molecule has 1 rings (SSSR count). The second kappa shape index (κ2) is 9.82. The van der Waals surface area contributed by atoms with Crippen LogP contribution in [0.2, 0.25) is 0 Å². The normalized spacial score (nSPS) is 15.3. The highest BCUT2D eigenvalue weighted by Crippen LogP contribution is 2.30. The summed E-state index contributed by atoms with van der Waals surface area (Å²) in [6.07, 6.45) is 5.32. The van der Waals surface area contributed by atoms with Gasteiger partial charge in [0.25, 0.3) is 5.91 Å². The lowest BCUT2D eigenvalue weighted by molar-refractivity contribution is 0.0798. The van der Waals surface area contributed by atoms with Crippen LogP contribution in [-0.4, -0.2) is 42.1 Å². The van der Waals surface area contributed by atoms with Crippen molar-refractivity contribution in [1.82, 2.24) is 15.4 Å². The Kier molecular flexibility index (Phi) is 8.46. The first-order valence-electron chi connectivity index (χ1n) is 9.31. The molecule has 5 nitrogen and oxygen atoms in total. The summed E-state index contributed by atoms with van der Waals surface area (Å²) in [7, 11) is 2.18. The zero-order valence-corrected chi connectivity index (χ0v) is 16.3. The largest absolute Gasteiger partial charge is 0.361 e. The molecule has 0 aromatic carbocycles. The summed E-state index contributed by atoms with van der Waals surface area (Å²) < 4.78 is 5.13. The van der Waals surface area contributed by atoms with Gasteiger partial charge in [-0.15, -0.1) is 0 Å². The van der Waals surface area contributed by atoms with Crippen LogP contribution in [0.5, 0.6) is 0 Å². The number of rotatable bonds is 11. The lowest BCUT2D eigenvalue weighted by Crippen LogP contribution is -2.49. The Balaban J connectivity index is 2.70. The third-order valence-corrected chi connectivity index (χ3v) is 5.15. The lowest BCUT2D eigenvalue weighted by atomic mass is 9.78. The zero-order valence-electron chi connectivity index (χ0n) is 16.3. The fourth-order valence-electron chi connectivity index (χ4n) is 3.11. The molecule has 1 amide bonds. The van der Waals surface area contributed by atoms with Gasteiger partial charge in [0.15, 0.2) is 5.69 Å². The molecule has 24 heavy (non-hydrogen) atoms. The third kappa shape index (κ3) is 5.62. The van der Waals surface area contributed by atoms with E-state index in [-0.39, 0.29) is 11.3 Å². The summed E-state index contributed by atoms with van der Waals surface area (Å²) in [6.45, 7) is 12.7. The summed E-state index contributed by atoms with van der Waals surface area (Å²) in [4.78, 5) is 14.8. The molecule has 1 aromatic heterocycles. The van der Waals surface area contributed by atoms with Gasteiger partial charge in [0.1, 0.15) is 5.76 Å². The molecule has 1 heterocycles. The maximum Gasteiger partial charge on any atom is 0.273 e. The average Bonchev–Trinajstić information content (AvgIpc) is 3.06. The summed E-state index contributed by atoms with van der Waals surface area (Å²) in [6, 6.07) is 2.12. The van der Waals surface area contributed by atoms with E-state index in [4.69, 9.17) is 4.52 Å². The van der Waals surface area contributed by atoms with E-state index in [0.29, 0.717) is 18.3 Å². The van der Waals surface area contributed by atoms with E-state index >= 15 is 0 Å². The monoisotopic (exact) mass is 337 g/mol. The minimum absolute atomic E-state index is 0.0320. The highest BCUT2D eigenvalue weighted by molar-refractivity contribution is 5.92. The van der Waals surface area contributed by atoms with Gasteiger partial charge in [-0.25, -0.2) is 0 Å². The van der Waals surface area contributed by atoms with E-state index in [1.807, 2.05) is 6.92 Å². The van der Waals surface area contributed by atoms with Crippen LogP contribution >= 0.6 is 0 Å². The number of aryl methyl sites for hydroxylation is 1. The second-order valence-electron chi connectivity index (χ2n) is 7.13. The van der Waals surface area contributed by atoms with E-state index in [9.17, 15) is 4.79 Å². The number of hydrogen-bond acceptors (Lipinski definition) is 4. The molecule has 0 aliphatic carbocycles. The van der Waals surface area contributed by atoms with Crippen molar-refractivity contribution >= 4 is 5.91 Å². The fourth-order valence-corrected chi connectivity index (χ4v) is 3.11. The van der Waals surface area contributed by atoms with E-state index in [0.717, 1.165) is 31.6 Å². The maximum absolute atomic E-state index is 12.3. The average molecular weight is 338 g/mol. The molecule has 5 heteroatoms. The van der Waals surface area contributed by atoms with E-state index < -0.39 is 0 Å². The van der Waals surface area contributed by atoms with Crippen LogP contribution in [0.1, 0.15) is 76.6 Å². The summed E-state index contributed by atoms with van der Waals surface area (Å²) in [5.41, 5.74) is 0.405. The number of hydrogen-bond donors (Lipinski definition) is 1. The highest BCUT2D eigenvalue weighted by atomic mass is 16.5. The Morgan fingerprint density at radius 3 is 2.62 bits per heavy atom. The number of unbranched alkanes of at least 4 members (excludes halogenated alkanes) is 1. The Labute approximate surface area is 147 Å². The van der Waals surface area contributed by atoms with Crippen molar-refractivity contribution in [1.29, 1.82) is 0 Å². The van der Waals surface area contributed by atoms with Crippen molar-refractivity contribution < 1.29 is 9.32 Å². The molecule has 0 fully saturated rings. The van der Waals surface area contributed by atoms with Crippen molar-refractivity contribution in [3.05, 3.63) is 17.5 Å². The third-order valence-electron chi connectivity index (χ3n) is 5.15. The van der Waals surface area contributed by atoms with Crippen molar-refractivity contribution in [3.8, 4) is 0 Å². The fraction of sp³-hybridized carbons (Fsp3) is 0.789. The topological polar surface area (TPSA) is 58.4 Å². The molecule has 0 saturated carbocycles. The van der Waals surface area contributed by atoms with Crippen LogP contribution < -0.4 is 5.32 Å². The van der Waals surface area contributed by atoms with Crippen LogP contribution in [0.3, 0.4) is 0 Å². The molecule has 0 saturated heterocycles. The van der Waals surface area contributed by atoms with Crippen molar-refractivity contribution in [2.45, 2.75) is 72.8 Å². The SMILES string of the molecule is CCCCN(C)C(C)C(C)(CCC)CNC(=O)c1cc(CC)on1. The van der Waals surface area contributed by atoms with Gasteiger partial charge in [0.05, 0.1) is 0 Å². The standard InChI is InChI=1S/C19H35N3O2/c1-7-10-12-22(6)15(4)19(5,11-8-2)14-20-18(23)17-13-16(9-3)24-21-17/h13,15H,7-12,14H2,1-6H3,(H,20,23). The van der Waals surface area contributed by atoms with Crippen LogP contribution in [0.4, 0.5) is 0 Å². The minimum atomic E-state index is -0.149. The Morgan fingerprint density at radius 2 is 2.08 bits per heavy atom. The number of nitrogens with zero attached hydrogens (tertiary/aromatic N) is 2. The zero-order chi connectivity index (χ0) is 18.2. The van der Waals surface area contributed by atoms with E-state index in [1.165, 1.54) is 12.8 Å². The number of aromatic nitrogens is 1. The Hall–Kier alpha value is -1.36. The number of amides is 1. The van der Waals surface area contributed by atoms with Gasteiger partial charge in [-0.3, -0.25) is 4.79 Å². The summed E-state index contributed by atoms with van der Waals surface area (Å²) in [5, 5.41) is 6.92. The predicted molar refractivity (Wildman–Crippen MR) is 98.2 cm³/mol. The first kappa shape index (κ1) is 20.7. The van der Waals surface area contributed by atoms with Gasteiger partial charge in [-0.1, -0.05) is 45.7 Å². The van der Waals surface area contributed by atoms with E-state index in [1.54, 1.807) is 6.07 Å². The quantitative estimate of drug-likeness (QED) is 0.665. The number of carbonyl (C=O) groups is 1. The molecule has 0 radical (unpaired) electrons. The molecule has 0 aliphatic rings. The molecular weight excluding hydrogens is 302 g/mol. The van der Waals surface area contributed by atoms with Crippen molar-refractivity contribution in [2.75, 3.05) is 20.1 Å². The summed E-state index contributed by atoms with van der Waals surface area (Å²) >= 11 is 0. The van der Waals surface area contributed by atoms with Crippen molar-refractivity contribution in [2.24, 2.45) is 5.41 Å². The van der Waals surface area contributed by atoms with E-state index in [2.05, 4.69) is 50.1 Å². The smallest absolute Gasteiger partial charge is 0.273 e. The van der Waals surface area contributed by atoms with Crippen LogP contribution in [0.25, 0.3) is 0 Å². The molecule has 138 valence electrons. The van der Waals surface area contributed by atoms with Gasteiger partial charge in [-0.05, 0) is 33.4 Å². The lowest BCUT2D eigenvalue weighted by Gasteiger charge is -2.41. The Morgan fingerprint density at radius 1 is 1.38 bits per heavy atom. The van der Waals surface area contributed by atoms with Crippen LogP contribution in [0.15, 0.2) is 10.6 Å². The van der Waals surface area contributed by atoms with Gasteiger partial charge in [0.2, 0.25) is 0 Å². The van der Waals surface area contributed by atoms with Gasteiger partial charge >= 0.3 is 0 Å². The predicted octanol–water partition coefficient (Wildman–Crippen LogP) is 3.89. The van der Waals surface area contributed by atoms with Gasteiger partial charge < -0.3 is 14.7 Å². The highest BCUT2D eigenvalue weighted by Gasteiger charge is 2.33. The molecule has 1 N–H and O–H groups in total. The van der Waals surface area contributed by atoms with Crippen molar-refractivity contribution in [3.63, 3.8) is 0 Å². The maximum atomic E-state index is 12.3. The number of carbonyl (C=O) groups excluding carboxylic acids is 1. The van der Waals surface area contributed by atoms with Gasteiger partial charge in [-0.2, -0.15) is 0 Å². The Bertz CT molecular complexity index is 501. The first-order chi connectivity index (χ1) is 11.4. The molecule has 2 unspecified atom stereocenters. The second-order valence-corrected chi connectivity index (χ2v) is 7.13. The minimum Gasteiger partial charge on any atom is -0.361 e. The van der Waals surface area contributed by atoms with Crippen LogP contribution in [-0.2, 0) is 6.42 Å². The van der Waals surface area contributed by atoms with Crippen LogP contribution in [0, 0.1) is 5.41 Å². The molecular formula is C19H35N3O2. The first-order valence-corrected chi connectivity index (χ1v) is 9.31.